The van der Waals surface area contributed by atoms with Crippen molar-refractivity contribution in [2.75, 3.05) is 19.8 Å². The van der Waals surface area contributed by atoms with Crippen molar-refractivity contribution in [2.24, 2.45) is 5.73 Å². The van der Waals surface area contributed by atoms with Crippen LogP contribution in [-0.4, -0.2) is 32.0 Å². The van der Waals surface area contributed by atoms with Gasteiger partial charge in [-0.05, 0) is 20.3 Å². The van der Waals surface area contributed by atoms with Gasteiger partial charge < -0.3 is 15.2 Å². The average molecular weight is 175 g/mol. The van der Waals surface area contributed by atoms with E-state index in [9.17, 15) is 0 Å². The first-order chi connectivity index (χ1) is 5.76. The summed E-state index contributed by atoms with van der Waals surface area (Å²) in [5, 5.41) is 0. The van der Waals surface area contributed by atoms with E-state index in [1.165, 1.54) is 0 Å². The maximum Gasteiger partial charge on any atom is 0.0745 e. The molecule has 0 rings (SSSR count). The summed E-state index contributed by atoms with van der Waals surface area (Å²) in [6.45, 7) is 8.06. The van der Waals surface area contributed by atoms with Crippen molar-refractivity contribution in [2.45, 2.75) is 39.3 Å². The van der Waals surface area contributed by atoms with Gasteiger partial charge in [0.2, 0.25) is 0 Å². The van der Waals surface area contributed by atoms with E-state index < -0.39 is 0 Å². The molecule has 0 aromatic rings. The fourth-order valence-corrected chi connectivity index (χ4v) is 1.12. The predicted molar refractivity (Wildman–Crippen MR) is 50.2 cm³/mol. The Morgan fingerprint density at radius 1 is 1.17 bits per heavy atom. The van der Waals surface area contributed by atoms with Crippen molar-refractivity contribution in [3.63, 3.8) is 0 Å². The first-order valence-electron chi connectivity index (χ1n) is 4.71. The minimum absolute atomic E-state index is 0.00917. The van der Waals surface area contributed by atoms with E-state index >= 15 is 0 Å². The Balaban J connectivity index is 3.60. The van der Waals surface area contributed by atoms with Gasteiger partial charge in [-0.15, -0.1) is 0 Å². The van der Waals surface area contributed by atoms with E-state index in [1.54, 1.807) is 0 Å². The van der Waals surface area contributed by atoms with Gasteiger partial charge in [-0.3, -0.25) is 0 Å². The molecule has 2 atom stereocenters. The molecule has 0 aliphatic rings. The highest BCUT2D eigenvalue weighted by Crippen LogP contribution is 2.02. The second kappa shape index (κ2) is 7.53. The minimum atomic E-state index is 0.00917. The highest BCUT2D eigenvalue weighted by Gasteiger charge is 2.15. The SMILES string of the molecule is CCOCC(N)C(CC)OCC. The van der Waals surface area contributed by atoms with E-state index in [2.05, 4.69) is 6.92 Å². The summed E-state index contributed by atoms with van der Waals surface area (Å²) in [6, 6.07) is 0.00917. The van der Waals surface area contributed by atoms with Crippen LogP contribution in [-0.2, 0) is 9.47 Å². The Morgan fingerprint density at radius 2 is 1.83 bits per heavy atom. The molecule has 3 nitrogen and oxygen atoms in total. The quantitative estimate of drug-likeness (QED) is 0.631. The van der Waals surface area contributed by atoms with Gasteiger partial charge in [-0.2, -0.15) is 0 Å². The highest BCUT2D eigenvalue weighted by atomic mass is 16.5. The molecule has 0 radical (unpaired) electrons. The van der Waals surface area contributed by atoms with Crippen LogP contribution in [0.4, 0.5) is 0 Å². The van der Waals surface area contributed by atoms with Crippen LogP contribution < -0.4 is 5.73 Å². The summed E-state index contributed by atoms with van der Waals surface area (Å²) in [5.74, 6) is 0. The minimum Gasteiger partial charge on any atom is -0.380 e. The van der Waals surface area contributed by atoms with Crippen molar-refractivity contribution in [1.29, 1.82) is 0 Å². The van der Waals surface area contributed by atoms with Gasteiger partial charge in [-0.25, -0.2) is 0 Å². The molecule has 0 aliphatic carbocycles. The zero-order chi connectivity index (χ0) is 9.40. The van der Waals surface area contributed by atoms with Crippen molar-refractivity contribution >= 4 is 0 Å². The summed E-state index contributed by atoms with van der Waals surface area (Å²) in [4.78, 5) is 0. The summed E-state index contributed by atoms with van der Waals surface area (Å²) < 4.78 is 10.7. The second-order valence-electron chi connectivity index (χ2n) is 2.73. The first kappa shape index (κ1) is 11.9. The standard InChI is InChI=1S/C9H21NO2/c1-4-9(12-6-3)8(10)7-11-5-2/h8-9H,4-7,10H2,1-3H3. The molecule has 0 saturated carbocycles. The van der Waals surface area contributed by atoms with E-state index in [-0.39, 0.29) is 12.1 Å². The van der Waals surface area contributed by atoms with E-state index in [0.29, 0.717) is 6.61 Å². The largest absolute Gasteiger partial charge is 0.380 e. The Bertz CT molecular complexity index is 98.5. The third-order valence-electron chi connectivity index (χ3n) is 1.78. The predicted octanol–water partition coefficient (Wildman–Crippen LogP) is 1.17. The molecule has 0 saturated heterocycles. The first-order valence-corrected chi connectivity index (χ1v) is 4.71. The fraction of sp³-hybridized carbons (Fsp3) is 1.00. The van der Waals surface area contributed by atoms with E-state index in [1.807, 2.05) is 13.8 Å². The number of hydrogen-bond acceptors (Lipinski definition) is 3. The lowest BCUT2D eigenvalue weighted by molar-refractivity contribution is 0.0121. The van der Waals surface area contributed by atoms with Crippen molar-refractivity contribution in [1.82, 2.24) is 0 Å². The van der Waals surface area contributed by atoms with Crippen molar-refractivity contribution in [3.8, 4) is 0 Å². The third kappa shape index (κ3) is 4.70. The zero-order valence-corrected chi connectivity index (χ0v) is 8.38. The number of hydrogen-bond donors (Lipinski definition) is 1. The molecular formula is C9H21NO2. The topological polar surface area (TPSA) is 44.5 Å². The van der Waals surface area contributed by atoms with Crippen LogP contribution in [0.15, 0.2) is 0 Å². The Hall–Kier alpha value is -0.120. The molecule has 0 heterocycles. The van der Waals surface area contributed by atoms with Gasteiger partial charge >= 0.3 is 0 Å². The van der Waals surface area contributed by atoms with Crippen LogP contribution in [0.2, 0.25) is 0 Å². The molecular weight excluding hydrogens is 154 g/mol. The maximum atomic E-state index is 5.85. The van der Waals surface area contributed by atoms with Crippen molar-refractivity contribution in [3.05, 3.63) is 0 Å². The van der Waals surface area contributed by atoms with Gasteiger partial charge in [0.25, 0.3) is 0 Å². The van der Waals surface area contributed by atoms with Crippen LogP contribution in [0.5, 0.6) is 0 Å². The molecule has 12 heavy (non-hydrogen) atoms. The molecule has 3 heteroatoms. The van der Waals surface area contributed by atoms with Crippen molar-refractivity contribution < 1.29 is 9.47 Å². The van der Waals surface area contributed by atoms with Gasteiger partial charge in [0.05, 0.1) is 18.8 Å². The molecule has 0 bridgehead atoms. The molecule has 0 spiro atoms. The lowest BCUT2D eigenvalue weighted by atomic mass is 10.1. The average Bonchev–Trinajstić information content (AvgIpc) is 2.10. The normalized spacial score (nSPS) is 16.0. The molecule has 0 aliphatic heterocycles. The number of nitrogens with two attached hydrogens (primary N) is 1. The number of ether oxygens (including phenoxy) is 2. The Morgan fingerprint density at radius 3 is 2.25 bits per heavy atom. The zero-order valence-electron chi connectivity index (χ0n) is 8.38. The van der Waals surface area contributed by atoms with Gasteiger partial charge in [0.1, 0.15) is 0 Å². The molecule has 74 valence electrons. The Kier molecular flexibility index (Phi) is 7.45. The van der Waals surface area contributed by atoms with Gasteiger partial charge in [0.15, 0.2) is 0 Å². The third-order valence-corrected chi connectivity index (χ3v) is 1.78. The van der Waals surface area contributed by atoms with Crippen LogP contribution in [0.3, 0.4) is 0 Å². The smallest absolute Gasteiger partial charge is 0.0745 e. The van der Waals surface area contributed by atoms with Gasteiger partial charge in [-0.1, -0.05) is 6.92 Å². The molecule has 2 unspecified atom stereocenters. The van der Waals surface area contributed by atoms with Crippen LogP contribution in [0.25, 0.3) is 0 Å². The highest BCUT2D eigenvalue weighted by molar-refractivity contribution is 4.71. The fourth-order valence-electron chi connectivity index (χ4n) is 1.12. The lowest BCUT2D eigenvalue weighted by Gasteiger charge is -2.21. The Labute approximate surface area is 75.2 Å². The van der Waals surface area contributed by atoms with E-state index in [0.717, 1.165) is 19.6 Å². The maximum absolute atomic E-state index is 5.85. The summed E-state index contributed by atoms with van der Waals surface area (Å²) in [6.07, 6.45) is 1.09. The monoisotopic (exact) mass is 175 g/mol. The summed E-state index contributed by atoms with van der Waals surface area (Å²) in [5.41, 5.74) is 5.85. The summed E-state index contributed by atoms with van der Waals surface area (Å²) in [7, 11) is 0. The molecule has 0 amide bonds. The lowest BCUT2D eigenvalue weighted by Crippen LogP contribution is -2.40. The summed E-state index contributed by atoms with van der Waals surface area (Å²) >= 11 is 0. The number of rotatable bonds is 7. The molecule has 2 N–H and O–H groups in total. The van der Waals surface area contributed by atoms with Crippen LogP contribution in [0.1, 0.15) is 27.2 Å². The molecule has 0 aromatic heterocycles. The second-order valence-corrected chi connectivity index (χ2v) is 2.73. The van der Waals surface area contributed by atoms with E-state index in [4.69, 9.17) is 15.2 Å². The van der Waals surface area contributed by atoms with Crippen LogP contribution >= 0.6 is 0 Å². The molecule has 0 aromatic carbocycles. The van der Waals surface area contributed by atoms with Crippen LogP contribution in [0, 0.1) is 0 Å². The van der Waals surface area contributed by atoms with Gasteiger partial charge in [0, 0.05) is 13.2 Å². The molecule has 0 fully saturated rings.